The fourth-order valence-electron chi connectivity index (χ4n) is 1.47. The monoisotopic (exact) mass is 256 g/mol. The Labute approximate surface area is 107 Å². The molecule has 0 aliphatic heterocycles. The van der Waals surface area contributed by atoms with Crippen molar-refractivity contribution < 1.29 is 14.3 Å². The standard InChI is InChI=1S/C13H17ClO3/c1-3-16-13(17-4-2)9-12(15)10-6-5-7-11(14)8-10/h5-8,13H,3-4,9H2,1-2H3. The van der Waals surface area contributed by atoms with Crippen molar-refractivity contribution in [1.82, 2.24) is 0 Å². The number of benzene rings is 1. The molecule has 0 bridgehead atoms. The predicted octanol–water partition coefficient (Wildman–Crippen LogP) is 3.31. The molecule has 1 aromatic rings. The number of Topliss-reactive ketones (excluding diaryl/α,β-unsaturated/α-hetero) is 1. The fraction of sp³-hybridized carbons (Fsp3) is 0.462. The third-order valence-electron chi connectivity index (χ3n) is 2.20. The topological polar surface area (TPSA) is 35.5 Å². The second-order valence-corrected chi connectivity index (χ2v) is 3.91. The van der Waals surface area contributed by atoms with Crippen molar-refractivity contribution in [1.29, 1.82) is 0 Å². The summed E-state index contributed by atoms with van der Waals surface area (Å²) in [6.07, 6.45) is -0.265. The lowest BCUT2D eigenvalue weighted by Crippen LogP contribution is -2.21. The van der Waals surface area contributed by atoms with E-state index in [0.717, 1.165) is 0 Å². The van der Waals surface area contributed by atoms with Crippen LogP contribution in [0.3, 0.4) is 0 Å². The average molecular weight is 257 g/mol. The van der Waals surface area contributed by atoms with Crippen molar-refractivity contribution in [3.8, 4) is 0 Å². The Kier molecular flexibility index (Phi) is 6.19. The Morgan fingerprint density at radius 3 is 2.47 bits per heavy atom. The summed E-state index contributed by atoms with van der Waals surface area (Å²) in [5.74, 6) is -0.0283. The maximum absolute atomic E-state index is 11.9. The van der Waals surface area contributed by atoms with Crippen LogP contribution in [0.4, 0.5) is 0 Å². The van der Waals surface area contributed by atoms with Crippen LogP contribution < -0.4 is 0 Å². The van der Waals surface area contributed by atoms with E-state index < -0.39 is 6.29 Å². The first-order valence-corrected chi connectivity index (χ1v) is 6.07. The van der Waals surface area contributed by atoms with Gasteiger partial charge in [0.25, 0.3) is 0 Å². The first kappa shape index (κ1) is 14.2. The molecule has 1 rings (SSSR count). The zero-order valence-corrected chi connectivity index (χ0v) is 10.9. The van der Waals surface area contributed by atoms with E-state index in [1.807, 2.05) is 13.8 Å². The molecule has 0 aromatic heterocycles. The van der Waals surface area contributed by atoms with E-state index in [1.165, 1.54) is 0 Å². The van der Waals surface area contributed by atoms with Crippen LogP contribution >= 0.6 is 11.6 Å². The van der Waals surface area contributed by atoms with Crippen molar-refractivity contribution in [3.63, 3.8) is 0 Å². The highest BCUT2D eigenvalue weighted by molar-refractivity contribution is 6.31. The number of carbonyl (C=O) groups is 1. The molecule has 1 aromatic carbocycles. The molecule has 0 N–H and O–H groups in total. The van der Waals surface area contributed by atoms with Crippen molar-refractivity contribution in [2.75, 3.05) is 13.2 Å². The van der Waals surface area contributed by atoms with Gasteiger partial charge in [-0.3, -0.25) is 4.79 Å². The molecule has 0 aliphatic carbocycles. The Bertz CT molecular complexity index is 359. The summed E-state index contributed by atoms with van der Waals surface area (Å²) in [5, 5.41) is 0.556. The molecule has 0 heterocycles. The molecule has 4 heteroatoms. The highest BCUT2D eigenvalue weighted by atomic mass is 35.5. The Hall–Kier alpha value is -0.900. The molecule has 0 saturated heterocycles. The lowest BCUT2D eigenvalue weighted by Gasteiger charge is -2.15. The van der Waals surface area contributed by atoms with Crippen LogP contribution in [-0.2, 0) is 9.47 Å². The molecule has 0 spiro atoms. The molecule has 3 nitrogen and oxygen atoms in total. The van der Waals surface area contributed by atoms with Crippen molar-refractivity contribution >= 4 is 17.4 Å². The minimum absolute atomic E-state index is 0.0283. The largest absolute Gasteiger partial charge is 0.352 e. The van der Waals surface area contributed by atoms with E-state index in [9.17, 15) is 4.79 Å². The minimum Gasteiger partial charge on any atom is -0.352 e. The van der Waals surface area contributed by atoms with Gasteiger partial charge in [-0.15, -0.1) is 0 Å². The van der Waals surface area contributed by atoms with Gasteiger partial charge in [0.1, 0.15) is 0 Å². The number of ketones is 1. The van der Waals surface area contributed by atoms with Gasteiger partial charge in [-0.05, 0) is 26.0 Å². The van der Waals surface area contributed by atoms with E-state index >= 15 is 0 Å². The number of carbonyl (C=O) groups excluding carboxylic acids is 1. The Balaban J connectivity index is 2.63. The molecule has 0 aliphatic rings. The number of ether oxygens (including phenoxy) is 2. The third-order valence-corrected chi connectivity index (χ3v) is 2.44. The molecular formula is C13H17ClO3. The maximum atomic E-state index is 11.9. The quantitative estimate of drug-likeness (QED) is 0.555. The molecule has 0 unspecified atom stereocenters. The van der Waals surface area contributed by atoms with Crippen LogP contribution in [0.25, 0.3) is 0 Å². The summed E-state index contributed by atoms with van der Waals surface area (Å²) in [6, 6.07) is 6.88. The van der Waals surface area contributed by atoms with Crippen LogP contribution in [0.1, 0.15) is 30.6 Å². The molecule has 0 saturated carbocycles. The van der Waals surface area contributed by atoms with Crippen LogP contribution in [-0.4, -0.2) is 25.3 Å². The van der Waals surface area contributed by atoms with Gasteiger partial charge in [-0.2, -0.15) is 0 Å². The highest BCUT2D eigenvalue weighted by Crippen LogP contribution is 2.14. The molecular weight excluding hydrogens is 240 g/mol. The molecule has 17 heavy (non-hydrogen) atoms. The molecule has 0 amide bonds. The van der Waals surface area contributed by atoms with Crippen LogP contribution in [0.15, 0.2) is 24.3 Å². The molecule has 94 valence electrons. The summed E-state index contributed by atoms with van der Waals surface area (Å²) in [6.45, 7) is 4.78. The van der Waals surface area contributed by atoms with Crippen molar-refractivity contribution in [2.24, 2.45) is 0 Å². The normalized spacial score (nSPS) is 10.8. The lowest BCUT2D eigenvalue weighted by atomic mass is 10.1. The van der Waals surface area contributed by atoms with E-state index in [2.05, 4.69) is 0 Å². The summed E-state index contributed by atoms with van der Waals surface area (Å²) >= 11 is 5.83. The first-order valence-electron chi connectivity index (χ1n) is 5.69. The van der Waals surface area contributed by atoms with E-state index in [1.54, 1.807) is 24.3 Å². The number of rotatable bonds is 7. The van der Waals surface area contributed by atoms with Gasteiger partial charge in [0.15, 0.2) is 12.1 Å². The summed E-state index contributed by atoms with van der Waals surface area (Å²) in [4.78, 5) is 11.9. The summed E-state index contributed by atoms with van der Waals surface area (Å²) < 4.78 is 10.7. The van der Waals surface area contributed by atoms with Crippen LogP contribution in [0, 0.1) is 0 Å². The average Bonchev–Trinajstić information content (AvgIpc) is 2.29. The second kappa shape index (κ2) is 7.43. The second-order valence-electron chi connectivity index (χ2n) is 3.48. The molecule has 0 fully saturated rings. The Morgan fingerprint density at radius 2 is 1.94 bits per heavy atom. The van der Waals surface area contributed by atoms with Gasteiger partial charge >= 0.3 is 0 Å². The number of hydrogen-bond donors (Lipinski definition) is 0. The minimum atomic E-state index is -0.475. The maximum Gasteiger partial charge on any atom is 0.167 e. The van der Waals surface area contributed by atoms with Gasteiger partial charge in [-0.1, -0.05) is 23.7 Å². The van der Waals surface area contributed by atoms with Crippen molar-refractivity contribution in [3.05, 3.63) is 34.9 Å². The number of halogens is 1. The smallest absolute Gasteiger partial charge is 0.167 e. The SMILES string of the molecule is CCOC(CC(=O)c1cccc(Cl)c1)OCC. The van der Waals surface area contributed by atoms with Crippen LogP contribution in [0.5, 0.6) is 0 Å². The molecule has 0 atom stereocenters. The van der Waals surface area contributed by atoms with Crippen LogP contribution in [0.2, 0.25) is 5.02 Å². The van der Waals surface area contributed by atoms with E-state index in [-0.39, 0.29) is 12.2 Å². The lowest BCUT2D eigenvalue weighted by molar-refractivity contribution is -0.133. The third kappa shape index (κ3) is 4.86. The zero-order chi connectivity index (χ0) is 12.7. The first-order chi connectivity index (χ1) is 8.17. The van der Waals surface area contributed by atoms with Gasteiger partial charge in [0.05, 0.1) is 6.42 Å². The van der Waals surface area contributed by atoms with E-state index in [0.29, 0.717) is 23.8 Å². The predicted molar refractivity (Wildman–Crippen MR) is 67.4 cm³/mol. The van der Waals surface area contributed by atoms with E-state index in [4.69, 9.17) is 21.1 Å². The van der Waals surface area contributed by atoms with Gasteiger partial charge < -0.3 is 9.47 Å². The number of hydrogen-bond acceptors (Lipinski definition) is 3. The molecule has 0 radical (unpaired) electrons. The summed E-state index contributed by atoms with van der Waals surface area (Å²) in [5.41, 5.74) is 0.585. The van der Waals surface area contributed by atoms with Crippen molar-refractivity contribution in [2.45, 2.75) is 26.6 Å². The highest BCUT2D eigenvalue weighted by Gasteiger charge is 2.15. The van der Waals surface area contributed by atoms with Gasteiger partial charge in [0.2, 0.25) is 0 Å². The van der Waals surface area contributed by atoms with Gasteiger partial charge in [0, 0.05) is 23.8 Å². The Morgan fingerprint density at radius 1 is 1.29 bits per heavy atom. The summed E-state index contributed by atoms with van der Waals surface area (Å²) in [7, 11) is 0. The fourth-order valence-corrected chi connectivity index (χ4v) is 1.66. The van der Waals surface area contributed by atoms with Gasteiger partial charge in [-0.25, -0.2) is 0 Å². The zero-order valence-electron chi connectivity index (χ0n) is 10.1.